The Labute approximate surface area is 94.5 Å². The van der Waals surface area contributed by atoms with E-state index in [9.17, 15) is 4.79 Å². The Balaban J connectivity index is 2.56. The fraction of sp³-hybridized carbons (Fsp3) is 0.545. The molecule has 0 saturated heterocycles. The van der Waals surface area contributed by atoms with E-state index in [1.165, 1.54) is 12.0 Å². The molecule has 0 aliphatic carbocycles. The molecule has 0 radical (unpaired) electrons. The molecule has 1 aromatic rings. The van der Waals surface area contributed by atoms with Gasteiger partial charge in [-0.25, -0.2) is 0 Å². The Morgan fingerprint density at radius 2 is 2.33 bits per heavy atom. The van der Waals surface area contributed by atoms with E-state index in [4.69, 9.17) is 0 Å². The van der Waals surface area contributed by atoms with Crippen LogP contribution in [0, 0.1) is 5.92 Å². The summed E-state index contributed by atoms with van der Waals surface area (Å²) >= 11 is 1.70. The minimum atomic E-state index is -0.225. The number of ether oxygens (including phenoxy) is 1. The quantitative estimate of drug-likeness (QED) is 0.784. The van der Waals surface area contributed by atoms with Crippen molar-refractivity contribution in [3.8, 4) is 0 Å². The van der Waals surface area contributed by atoms with Crippen molar-refractivity contribution in [3.05, 3.63) is 22.4 Å². The molecule has 1 unspecified atom stereocenters. The van der Waals surface area contributed by atoms with Crippen LogP contribution in [0.4, 0.5) is 0 Å². The van der Waals surface area contributed by atoms with Gasteiger partial charge in [-0.3, -0.25) is 10.1 Å². The summed E-state index contributed by atoms with van der Waals surface area (Å²) in [7, 11) is 1.40. The number of rotatable bonds is 5. The minimum absolute atomic E-state index is 0.225. The minimum Gasteiger partial charge on any atom is -0.468 e. The van der Waals surface area contributed by atoms with Crippen LogP contribution in [0.5, 0.6) is 0 Å². The van der Waals surface area contributed by atoms with Crippen molar-refractivity contribution in [2.24, 2.45) is 5.92 Å². The molecule has 0 bridgehead atoms. The second kappa shape index (κ2) is 5.88. The molecule has 4 heteroatoms. The first-order chi connectivity index (χ1) is 7.15. The van der Waals surface area contributed by atoms with Crippen LogP contribution in [0.1, 0.15) is 24.8 Å². The Kier molecular flexibility index (Phi) is 4.78. The van der Waals surface area contributed by atoms with Gasteiger partial charge in [0.15, 0.2) is 0 Å². The largest absolute Gasteiger partial charge is 0.468 e. The first kappa shape index (κ1) is 12.2. The van der Waals surface area contributed by atoms with Crippen LogP contribution in [0.15, 0.2) is 17.5 Å². The lowest BCUT2D eigenvalue weighted by Gasteiger charge is -2.20. The van der Waals surface area contributed by atoms with Gasteiger partial charge in [-0.2, -0.15) is 0 Å². The lowest BCUT2D eigenvalue weighted by atomic mass is 10.0. The predicted molar refractivity (Wildman–Crippen MR) is 61.9 cm³/mol. The summed E-state index contributed by atoms with van der Waals surface area (Å²) in [6.07, 6.45) is 0. The van der Waals surface area contributed by atoms with Crippen molar-refractivity contribution in [1.82, 2.24) is 5.32 Å². The number of carbonyl (C=O) groups excluding carboxylic acids is 1. The topological polar surface area (TPSA) is 38.3 Å². The Bertz CT molecular complexity index is 296. The molecular formula is C11H17NO2S. The standard InChI is InChI=1S/C11H17NO2S/c1-8(2)11(9-5-4-6-15-9)12-7-10(13)14-3/h4-6,8,11-12H,7H2,1-3H3. The van der Waals surface area contributed by atoms with E-state index in [1.54, 1.807) is 11.3 Å². The normalized spacial score (nSPS) is 12.8. The zero-order valence-corrected chi connectivity index (χ0v) is 10.1. The number of thiophene rings is 1. The van der Waals surface area contributed by atoms with Crippen molar-refractivity contribution in [3.63, 3.8) is 0 Å². The molecule has 1 N–H and O–H groups in total. The number of methoxy groups -OCH3 is 1. The summed E-state index contributed by atoms with van der Waals surface area (Å²) in [6.45, 7) is 4.53. The maximum atomic E-state index is 11.0. The fourth-order valence-corrected chi connectivity index (χ4v) is 2.37. The first-order valence-corrected chi connectivity index (χ1v) is 5.86. The molecule has 1 aromatic heterocycles. The van der Waals surface area contributed by atoms with Crippen LogP contribution in [-0.4, -0.2) is 19.6 Å². The third-order valence-electron chi connectivity index (χ3n) is 2.21. The van der Waals surface area contributed by atoms with Crippen molar-refractivity contribution in [2.45, 2.75) is 19.9 Å². The van der Waals surface area contributed by atoms with Gasteiger partial charge in [0.25, 0.3) is 0 Å². The number of esters is 1. The maximum absolute atomic E-state index is 11.0. The summed E-state index contributed by atoms with van der Waals surface area (Å²) in [5.41, 5.74) is 0. The smallest absolute Gasteiger partial charge is 0.319 e. The number of hydrogen-bond donors (Lipinski definition) is 1. The van der Waals surface area contributed by atoms with Gasteiger partial charge in [0.1, 0.15) is 0 Å². The van der Waals surface area contributed by atoms with Crippen LogP contribution in [0.3, 0.4) is 0 Å². The first-order valence-electron chi connectivity index (χ1n) is 4.98. The Morgan fingerprint density at radius 1 is 1.60 bits per heavy atom. The molecular weight excluding hydrogens is 210 g/mol. The lowest BCUT2D eigenvalue weighted by Crippen LogP contribution is -2.30. The fourth-order valence-electron chi connectivity index (χ4n) is 1.40. The van der Waals surface area contributed by atoms with Crippen molar-refractivity contribution in [2.75, 3.05) is 13.7 Å². The highest BCUT2D eigenvalue weighted by atomic mass is 32.1. The molecule has 1 heterocycles. The SMILES string of the molecule is COC(=O)CNC(c1cccs1)C(C)C. The van der Waals surface area contributed by atoms with Gasteiger partial charge >= 0.3 is 5.97 Å². The second-order valence-electron chi connectivity index (χ2n) is 3.69. The molecule has 0 spiro atoms. The average Bonchev–Trinajstić information content (AvgIpc) is 2.70. The molecule has 1 rings (SSSR count). The van der Waals surface area contributed by atoms with Crippen molar-refractivity contribution < 1.29 is 9.53 Å². The number of nitrogens with one attached hydrogen (secondary N) is 1. The average molecular weight is 227 g/mol. The van der Waals surface area contributed by atoms with Crippen molar-refractivity contribution >= 4 is 17.3 Å². The summed E-state index contributed by atoms with van der Waals surface area (Å²) in [5.74, 6) is 0.227. The molecule has 0 aliphatic heterocycles. The summed E-state index contributed by atoms with van der Waals surface area (Å²) in [4.78, 5) is 12.3. The Hall–Kier alpha value is -0.870. The summed E-state index contributed by atoms with van der Waals surface area (Å²) < 4.78 is 4.60. The van der Waals surface area contributed by atoms with Gasteiger partial charge in [0, 0.05) is 10.9 Å². The van der Waals surface area contributed by atoms with E-state index in [0.717, 1.165) is 0 Å². The number of hydrogen-bond acceptors (Lipinski definition) is 4. The number of carbonyl (C=O) groups is 1. The van der Waals surface area contributed by atoms with E-state index in [2.05, 4.69) is 30.0 Å². The summed E-state index contributed by atoms with van der Waals surface area (Å²) in [5, 5.41) is 5.25. The molecule has 0 saturated carbocycles. The van der Waals surface area contributed by atoms with Crippen molar-refractivity contribution in [1.29, 1.82) is 0 Å². The van der Waals surface area contributed by atoms with Crippen LogP contribution >= 0.6 is 11.3 Å². The van der Waals surface area contributed by atoms with Gasteiger partial charge in [0.2, 0.25) is 0 Å². The highest BCUT2D eigenvalue weighted by molar-refractivity contribution is 7.10. The van der Waals surface area contributed by atoms with Crippen LogP contribution in [0.2, 0.25) is 0 Å². The zero-order chi connectivity index (χ0) is 11.3. The third-order valence-corrected chi connectivity index (χ3v) is 3.17. The molecule has 0 aliphatic rings. The van der Waals surface area contributed by atoms with Gasteiger partial charge in [0.05, 0.1) is 13.7 Å². The predicted octanol–water partition coefficient (Wildman–Crippen LogP) is 2.21. The van der Waals surface area contributed by atoms with Gasteiger partial charge in [-0.15, -0.1) is 11.3 Å². The summed E-state index contributed by atoms with van der Waals surface area (Å²) in [6, 6.07) is 4.33. The van der Waals surface area contributed by atoms with Crippen LogP contribution in [-0.2, 0) is 9.53 Å². The zero-order valence-electron chi connectivity index (χ0n) is 9.32. The molecule has 1 atom stereocenters. The van der Waals surface area contributed by atoms with E-state index >= 15 is 0 Å². The van der Waals surface area contributed by atoms with E-state index in [0.29, 0.717) is 5.92 Å². The highest BCUT2D eigenvalue weighted by Gasteiger charge is 2.17. The van der Waals surface area contributed by atoms with Crippen LogP contribution in [0.25, 0.3) is 0 Å². The molecule has 0 aromatic carbocycles. The monoisotopic (exact) mass is 227 g/mol. The highest BCUT2D eigenvalue weighted by Crippen LogP contribution is 2.25. The molecule has 0 amide bonds. The van der Waals surface area contributed by atoms with Gasteiger partial charge in [-0.05, 0) is 17.4 Å². The van der Waals surface area contributed by atoms with E-state index in [-0.39, 0.29) is 18.6 Å². The van der Waals surface area contributed by atoms with Gasteiger partial charge in [-0.1, -0.05) is 19.9 Å². The Morgan fingerprint density at radius 3 is 2.80 bits per heavy atom. The molecule has 3 nitrogen and oxygen atoms in total. The molecule has 84 valence electrons. The van der Waals surface area contributed by atoms with Crippen LogP contribution < -0.4 is 5.32 Å². The second-order valence-corrected chi connectivity index (χ2v) is 4.67. The molecule has 15 heavy (non-hydrogen) atoms. The lowest BCUT2D eigenvalue weighted by molar-refractivity contribution is -0.139. The molecule has 0 fully saturated rings. The van der Waals surface area contributed by atoms with E-state index < -0.39 is 0 Å². The third kappa shape index (κ3) is 3.64. The van der Waals surface area contributed by atoms with E-state index in [1.807, 2.05) is 11.4 Å². The maximum Gasteiger partial charge on any atom is 0.319 e. The van der Waals surface area contributed by atoms with Gasteiger partial charge < -0.3 is 4.74 Å².